The van der Waals surface area contributed by atoms with Crippen LogP contribution in [-0.2, 0) is 23.8 Å². The Kier molecular flexibility index (Phi) is 1.62. The van der Waals surface area contributed by atoms with Crippen LogP contribution in [0.1, 0.15) is 6.92 Å². The van der Waals surface area contributed by atoms with Gasteiger partial charge in [-0.05, 0) is 13.0 Å². The Morgan fingerprint density at radius 3 is 3.00 bits per heavy atom. The van der Waals surface area contributed by atoms with Gasteiger partial charge in [0.25, 0.3) is 0 Å². The molecule has 0 N–H and O–H groups in total. The minimum absolute atomic E-state index is 0.375. The van der Waals surface area contributed by atoms with Crippen LogP contribution < -0.4 is 0 Å². The molecule has 3 aliphatic heterocycles. The second-order valence-corrected chi connectivity index (χ2v) is 3.84. The minimum Gasteiger partial charge on any atom is -0.392 e. The molecule has 5 nitrogen and oxygen atoms in total. The van der Waals surface area contributed by atoms with E-state index < -0.39 is 29.6 Å². The van der Waals surface area contributed by atoms with Crippen molar-refractivity contribution in [1.29, 1.82) is 0 Å². The molecule has 4 atom stereocenters. The summed E-state index contributed by atoms with van der Waals surface area (Å²) in [5.41, 5.74) is 0. The van der Waals surface area contributed by atoms with Crippen molar-refractivity contribution in [2.24, 2.45) is 11.8 Å². The number of esters is 2. The largest absolute Gasteiger partial charge is 0.392 e. The van der Waals surface area contributed by atoms with E-state index >= 15 is 0 Å². The first-order valence-electron chi connectivity index (χ1n) is 4.94. The standard InChI is InChI=1S/C10H10O5/c1-2-13-10-4-3-5(15-10)6-7(10)9(12)14-8(6)11/h3-7H,2H2,1H3. The Labute approximate surface area is 86.0 Å². The van der Waals surface area contributed by atoms with Gasteiger partial charge in [0.15, 0.2) is 0 Å². The molecule has 4 unspecified atom stereocenters. The monoisotopic (exact) mass is 210 g/mol. The van der Waals surface area contributed by atoms with Crippen LogP contribution in [0, 0.1) is 11.8 Å². The van der Waals surface area contributed by atoms with Crippen LogP contribution in [0.25, 0.3) is 0 Å². The quantitative estimate of drug-likeness (QED) is 0.365. The highest BCUT2D eigenvalue weighted by Crippen LogP contribution is 2.51. The smallest absolute Gasteiger partial charge is 0.323 e. The van der Waals surface area contributed by atoms with Gasteiger partial charge in [0.2, 0.25) is 5.79 Å². The molecular weight excluding hydrogens is 200 g/mol. The molecule has 0 aromatic rings. The van der Waals surface area contributed by atoms with Gasteiger partial charge in [-0.1, -0.05) is 6.08 Å². The SMILES string of the molecule is CCOC12C=CC(O1)C1C(=O)OC(=O)C12. The Hall–Kier alpha value is -1.20. The Morgan fingerprint density at radius 1 is 1.47 bits per heavy atom. The van der Waals surface area contributed by atoms with Crippen molar-refractivity contribution in [2.45, 2.75) is 18.8 Å². The molecule has 0 amide bonds. The van der Waals surface area contributed by atoms with Crippen LogP contribution in [0.5, 0.6) is 0 Å². The zero-order valence-corrected chi connectivity index (χ0v) is 8.14. The molecule has 15 heavy (non-hydrogen) atoms. The number of cyclic esters (lactones) is 2. The van der Waals surface area contributed by atoms with Crippen molar-refractivity contribution in [1.82, 2.24) is 0 Å². The van der Waals surface area contributed by atoms with Gasteiger partial charge < -0.3 is 14.2 Å². The molecule has 2 fully saturated rings. The van der Waals surface area contributed by atoms with E-state index in [1.54, 1.807) is 12.2 Å². The fourth-order valence-corrected chi connectivity index (χ4v) is 2.54. The molecule has 2 saturated heterocycles. The van der Waals surface area contributed by atoms with Gasteiger partial charge >= 0.3 is 11.9 Å². The zero-order valence-electron chi connectivity index (χ0n) is 8.14. The molecule has 80 valence electrons. The van der Waals surface area contributed by atoms with E-state index in [1.165, 1.54) is 0 Å². The van der Waals surface area contributed by atoms with Crippen LogP contribution in [0.15, 0.2) is 12.2 Å². The van der Waals surface area contributed by atoms with Gasteiger partial charge in [-0.2, -0.15) is 0 Å². The molecule has 0 radical (unpaired) electrons. The summed E-state index contributed by atoms with van der Waals surface area (Å²) in [6, 6.07) is 0. The van der Waals surface area contributed by atoms with Crippen LogP contribution in [-0.4, -0.2) is 30.4 Å². The van der Waals surface area contributed by atoms with E-state index in [1.807, 2.05) is 6.92 Å². The normalized spacial score (nSPS) is 46.1. The lowest BCUT2D eigenvalue weighted by Crippen LogP contribution is -2.40. The number of carbonyl (C=O) groups excluding carboxylic acids is 2. The van der Waals surface area contributed by atoms with Gasteiger partial charge in [0, 0.05) is 6.61 Å². The van der Waals surface area contributed by atoms with Crippen molar-refractivity contribution >= 4 is 11.9 Å². The average Bonchev–Trinajstić information content (AvgIpc) is 2.79. The Bertz CT molecular complexity index is 374. The van der Waals surface area contributed by atoms with E-state index in [4.69, 9.17) is 9.47 Å². The number of rotatable bonds is 2. The molecule has 3 aliphatic rings. The second-order valence-electron chi connectivity index (χ2n) is 3.84. The minimum atomic E-state index is -1.06. The molecule has 0 aliphatic carbocycles. The lowest BCUT2D eigenvalue weighted by molar-refractivity contribution is -0.201. The van der Waals surface area contributed by atoms with Gasteiger partial charge in [-0.15, -0.1) is 0 Å². The van der Waals surface area contributed by atoms with E-state index in [0.29, 0.717) is 6.61 Å². The predicted molar refractivity (Wildman–Crippen MR) is 46.4 cm³/mol. The first kappa shape index (κ1) is 9.06. The van der Waals surface area contributed by atoms with E-state index in [9.17, 15) is 9.59 Å². The lowest BCUT2D eigenvalue weighted by atomic mass is 9.83. The van der Waals surface area contributed by atoms with Crippen LogP contribution in [0.4, 0.5) is 0 Å². The summed E-state index contributed by atoms with van der Waals surface area (Å²) in [6.07, 6.45) is 3.10. The summed E-state index contributed by atoms with van der Waals surface area (Å²) in [5.74, 6) is -3.24. The van der Waals surface area contributed by atoms with Crippen molar-refractivity contribution in [3.8, 4) is 0 Å². The maximum Gasteiger partial charge on any atom is 0.323 e. The highest BCUT2D eigenvalue weighted by atomic mass is 16.7. The molecule has 0 spiro atoms. The molecule has 0 aromatic carbocycles. The van der Waals surface area contributed by atoms with Gasteiger partial charge in [-0.25, -0.2) is 0 Å². The number of hydrogen-bond donors (Lipinski definition) is 0. The van der Waals surface area contributed by atoms with E-state index in [-0.39, 0.29) is 6.10 Å². The average molecular weight is 210 g/mol. The van der Waals surface area contributed by atoms with Crippen LogP contribution >= 0.6 is 0 Å². The zero-order chi connectivity index (χ0) is 10.6. The van der Waals surface area contributed by atoms with Crippen molar-refractivity contribution in [2.75, 3.05) is 6.61 Å². The van der Waals surface area contributed by atoms with Gasteiger partial charge in [0.1, 0.15) is 11.8 Å². The van der Waals surface area contributed by atoms with E-state index in [2.05, 4.69) is 4.74 Å². The summed E-state index contributed by atoms with van der Waals surface area (Å²) >= 11 is 0. The van der Waals surface area contributed by atoms with Crippen LogP contribution in [0.2, 0.25) is 0 Å². The van der Waals surface area contributed by atoms with Gasteiger partial charge in [0.05, 0.1) is 6.10 Å². The third-order valence-electron chi connectivity index (χ3n) is 3.08. The highest BCUT2D eigenvalue weighted by molar-refractivity contribution is 5.98. The number of ether oxygens (including phenoxy) is 3. The maximum atomic E-state index is 11.5. The van der Waals surface area contributed by atoms with E-state index in [0.717, 1.165) is 0 Å². The molecule has 0 saturated carbocycles. The maximum absolute atomic E-state index is 11.5. The molecule has 5 heteroatoms. The number of hydrogen-bond acceptors (Lipinski definition) is 5. The third kappa shape index (κ3) is 0.943. The highest BCUT2D eigenvalue weighted by Gasteiger charge is 2.68. The molecule has 0 aromatic heterocycles. The Balaban J connectivity index is 2.03. The first-order chi connectivity index (χ1) is 7.18. The second kappa shape index (κ2) is 2.68. The Morgan fingerprint density at radius 2 is 2.27 bits per heavy atom. The lowest BCUT2D eigenvalue weighted by Gasteiger charge is -2.26. The summed E-state index contributed by atoms with van der Waals surface area (Å²) in [5, 5.41) is 0. The summed E-state index contributed by atoms with van der Waals surface area (Å²) in [7, 11) is 0. The van der Waals surface area contributed by atoms with Crippen molar-refractivity contribution in [3.05, 3.63) is 12.2 Å². The predicted octanol–water partition coefficient (Wildman–Crippen LogP) is 0.00360. The fourth-order valence-electron chi connectivity index (χ4n) is 2.54. The first-order valence-corrected chi connectivity index (χ1v) is 4.94. The van der Waals surface area contributed by atoms with Crippen LogP contribution in [0.3, 0.4) is 0 Å². The molecule has 3 heterocycles. The summed E-state index contributed by atoms with van der Waals surface area (Å²) < 4.78 is 15.6. The summed E-state index contributed by atoms with van der Waals surface area (Å²) in [6.45, 7) is 2.23. The number of fused-ring (bicyclic) bond motifs is 5. The topological polar surface area (TPSA) is 61.8 Å². The number of carbonyl (C=O) groups is 2. The fraction of sp³-hybridized carbons (Fsp3) is 0.600. The summed E-state index contributed by atoms with van der Waals surface area (Å²) in [4.78, 5) is 22.9. The molecular formula is C10H10O5. The van der Waals surface area contributed by atoms with Crippen molar-refractivity contribution in [3.63, 3.8) is 0 Å². The molecule has 3 rings (SSSR count). The molecule has 2 bridgehead atoms. The van der Waals surface area contributed by atoms with Gasteiger partial charge in [-0.3, -0.25) is 9.59 Å². The third-order valence-corrected chi connectivity index (χ3v) is 3.08. The van der Waals surface area contributed by atoms with Crippen molar-refractivity contribution < 1.29 is 23.8 Å².